The van der Waals surface area contributed by atoms with E-state index in [2.05, 4.69) is 16.4 Å². The van der Waals surface area contributed by atoms with E-state index in [4.69, 9.17) is 0 Å². The number of rotatable bonds is 3. The van der Waals surface area contributed by atoms with Gasteiger partial charge in [-0.25, -0.2) is 4.98 Å². The predicted octanol–water partition coefficient (Wildman–Crippen LogP) is 2.71. The number of carbonyl (C=O) groups is 1. The van der Waals surface area contributed by atoms with Crippen LogP contribution in [0.1, 0.15) is 11.4 Å². The summed E-state index contributed by atoms with van der Waals surface area (Å²) >= 11 is 1.66. The first-order chi connectivity index (χ1) is 9.24. The van der Waals surface area contributed by atoms with Crippen molar-refractivity contribution in [1.29, 1.82) is 0 Å². The summed E-state index contributed by atoms with van der Waals surface area (Å²) in [5.74, 6) is 0.364. The van der Waals surface area contributed by atoms with Gasteiger partial charge in [0.2, 0.25) is 5.91 Å². The molecule has 1 aliphatic rings. The Morgan fingerprint density at radius 3 is 2.86 bits per heavy atom. The number of thiazole rings is 1. The Morgan fingerprint density at radius 2 is 2.19 bits per heavy atom. The molecule has 3 rings (SSSR count). The molecule has 0 saturated carbocycles. The number of nitrogens with zero attached hydrogens (tertiary/aromatic N) is 2. The lowest BCUT2D eigenvalue weighted by Gasteiger charge is -2.19. The first-order valence-electron chi connectivity index (χ1n) is 6.54. The Bertz CT molecular complexity index is 566. The van der Waals surface area contributed by atoms with Crippen LogP contribution in [0, 0.1) is 5.92 Å². The number of nitrogens with one attached hydrogen (secondary N) is 1. The highest BCUT2D eigenvalue weighted by atomic mass is 35.5. The number of aromatic nitrogens is 1. The average Bonchev–Trinajstić information content (AvgIpc) is 3.06. The Balaban J connectivity index is 0.00000110. The van der Waals surface area contributed by atoms with E-state index >= 15 is 0 Å². The summed E-state index contributed by atoms with van der Waals surface area (Å²) in [6.45, 7) is 2.36. The molecule has 1 aromatic carbocycles. The Morgan fingerprint density at radius 1 is 1.43 bits per heavy atom. The van der Waals surface area contributed by atoms with Gasteiger partial charge >= 0.3 is 0 Å². The molecule has 116 valence electrons. The minimum Gasteiger partial charge on any atom is -0.339 e. The molecule has 1 aromatic heterocycles. The van der Waals surface area contributed by atoms with Crippen LogP contribution in [0.5, 0.6) is 0 Å². The second-order valence-electron chi connectivity index (χ2n) is 4.96. The summed E-state index contributed by atoms with van der Waals surface area (Å²) < 4.78 is 1.18. The molecular weight excluding hydrogens is 329 g/mol. The van der Waals surface area contributed by atoms with E-state index in [1.54, 1.807) is 16.2 Å². The highest BCUT2D eigenvalue weighted by Gasteiger charge is 2.25. The summed E-state index contributed by atoms with van der Waals surface area (Å²) in [7, 11) is 1.87. The predicted molar refractivity (Wildman–Crippen MR) is 91.6 cm³/mol. The van der Waals surface area contributed by atoms with Crippen LogP contribution in [0.15, 0.2) is 24.3 Å². The van der Waals surface area contributed by atoms with E-state index in [-0.39, 0.29) is 36.6 Å². The van der Waals surface area contributed by atoms with Gasteiger partial charge in [-0.1, -0.05) is 12.1 Å². The Hall–Kier alpha value is -0.880. The van der Waals surface area contributed by atoms with Crippen LogP contribution in [-0.4, -0.2) is 35.9 Å². The van der Waals surface area contributed by atoms with Crippen molar-refractivity contribution < 1.29 is 4.79 Å². The van der Waals surface area contributed by atoms with Crippen molar-refractivity contribution in [1.82, 2.24) is 15.2 Å². The molecule has 1 N–H and O–H groups in total. The normalized spacial score (nSPS) is 17.1. The molecule has 1 fully saturated rings. The highest BCUT2D eigenvalue weighted by Crippen LogP contribution is 2.23. The maximum absolute atomic E-state index is 12.2. The molecule has 21 heavy (non-hydrogen) atoms. The molecule has 0 aliphatic carbocycles. The van der Waals surface area contributed by atoms with Crippen LogP contribution in [0.3, 0.4) is 0 Å². The van der Waals surface area contributed by atoms with Crippen molar-refractivity contribution in [2.45, 2.75) is 13.0 Å². The van der Waals surface area contributed by atoms with Gasteiger partial charge in [-0.15, -0.1) is 36.2 Å². The van der Waals surface area contributed by atoms with Crippen LogP contribution in [0.25, 0.3) is 10.2 Å². The molecule has 1 aliphatic heterocycles. The highest BCUT2D eigenvalue weighted by molar-refractivity contribution is 7.18. The van der Waals surface area contributed by atoms with Crippen molar-refractivity contribution >= 4 is 52.3 Å². The monoisotopic (exact) mass is 347 g/mol. The zero-order valence-electron chi connectivity index (χ0n) is 11.7. The molecule has 2 heterocycles. The van der Waals surface area contributed by atoms with E-state index in [1.165, 1.54) is 4.70 Å². The van der Waals surface area contributed by atoms with Gasteiger partial charge < -0.3 is 10.2 Å². The zero-order chi connectivity index (χ0) is 13.2. The molecule has 0 radical (unpaired) electrons. The molecular formula is C14H19Cl2N3OS. The molecule has 1 amide bonds. The van der Waals surface area contributed by atoms with Crippen molar-refractivity contribution in [2.75, 3.05) is 20.1 Å². The lowest BCUT2D eigenvalue weighted by atomic mass is 10.1. The van der Waals surface area contributed by atoms with Gasteiger partial charge in [-0.3, -0.25) is 4.79 Å². The first kappa shape index (κ1) is 18.2. The van der Waals surface area contributed by atoms with Gasteiger partial charge in [0, 0.05) is 13.6 Å². The number of halogens is 2. The number of amides is 1. The van der Waals surface area contributed by atoms with E-state index in [0.29, 0.717) is 6.54 Å². The largest absolute Gasteiger partial charge is 0.339 e. The zero-order valence-corrected chi connectivity index (χ0v) is 14.2. The lowest BCUT2D eigenvalue weighted by Crippen LogP contribution is -2.33. The molecule has 1 saturated heterocycles. The van der Waals surface area contributed by atoms with E-state index in [9.17, 15) is 4.79 Å². The Labute approximate surface area is 140 Å². The number of benzene rings is 1. The van der Waals surface area contributed by atoms with E-state index in [0.717, 1.165) is 30.0 Å². The maximum Gasteiger partial charge on any atom is 0.227 e. The van der Waals surface area contributed by atoms with Gasteiger partial charge in [0.15, 0.2) is 0 Å². The van der Waals surface area contributed by atoms with E-state index in [1.807, 2.05) is 25.2 Å². The third kappa shape index (κ3) is 4.07. The smallest absolute Gasteiger partial charge is 0.227 e. The van der Waals surface area contributed by atoms with Crippen LogP contribution < -0.4 is 5.32 Å². The second kappa shape index (κ2) is 7.94. The molecule has 1 unspecified atom stereocenters. The quantitative estimate of drug-likeness (QED) is 0.928. The first-order valence-corrected chi connectivity index (χ1v) is 7.36. The second-order valence-corrected chi connectivity index (χ2v) is 6.07. The molecule has 7 heteroatoms. The Kier molecular flexibility index (Phi) is 6.87. The molecule has 0 spiro atoms. The van der Waals surface area contributed by atoms with Crippen molar-refractivity contribution in [3.63, 3.8) is 0 Å². The number of hydrogen-bond donors (Lipinski definition) is 1. The number of hydrogen-bond acceptors (Lipinski definition) is 4. The molecule has 2 aromatic rings. The number of fused-ring (bicyclic) bond motifs is 1. The number of para-hydroxylation sites is 1. The van der Waals surface area contributed by atoms with Crippen molar-refractivity contribution in [3.05, 3.63) is 29.3 Å². The summed E-state index contributed by atoms with van der Waals surface area (Å²) in [4.78, 5) is 18.6. The fourth-order valence-corrected chi connectivity index (χ4v) is 3.47. The fourth-order valence-electron chi connectivity index (χ4n) is 2.45. The van der Waals surface area contributed by atoms with Crippen LogP contribution in [-0.2, 0) is 11.3 Å². The molecule has 0 bridgehead atoms. The van der Waals surface area contributed by atoms with Crippen LogP contribution >= 0.6 is 36.2 Å². The average molecular weight is 348 g/mol. The van der Waals surface area contributed by atoms with Crippen molar-refractivity contribution in [3.8, 4) is 0 Å². The van der Waals surface area contributed by atoms with Crippen LogP contribution in [0.2, 0.25) is 0 Å². The van der Waals surface area contributed by atoms with Gasteiger partial charge in [0.25, 0.3) is 0 Å². The van der Waals surface area contributed by atoms with Gasteiger partial charge in [0.05, 0.1) is 22.7 Å². The maximum atomic E-state index is 12.2. The SMILES string of the molecule is CN(Cc1nc2ccccc2s1)C(=O)C1CCNC1.Cl.Cl. The fraction of sp³-hybridized carbons (Fsp3) is 0.429. The summed E-state index contributed by atoms with van der Waals surface area (Å²) in [6, 6.07) is 8.09. The van der Waals surface area contributed by atoms with Crippen LogP contribution in [0.4, 0.5) is 0 Å². The summed E-state index contributed by atoms with van der Waals surface area (Å²) in [6.07, 6.45) is 0.947. The lowest BCUT2D eigenvalue weighted by molar-refractivity contribution is -0.134. The minimum absolute atomic E-state index is 0. The topological polar surface area (TPSA) is 45.2 Å². The molecule has 4 nitrogen and oxygen atoms in total. The van der Waals surface area contributed by atoms with E-state index < -0.39 is 0 Å². The minimum atomic E-state index is 0. The van der Waals surface area contributed by atoms with Gasteiger partial charge in [-0.2, -0.15) is 0 Å². The third-order valence-corrected chi connectivity index (χ3v) is 4.52. The van der Waals surface area contributed by atoms with Crippen molar-refractivity contribution in [2.24, 2.45) is 5.92 Å². The standard InChI is InChI=1S/C14H17N3OS.2ClH/c1-17(14(18)10-6-7-15-8-10)9-13-16-11-4-2-3-5-12(11)19-13;;/h2-5,10,15H,6-9H2,1H3;2*1H. The third-order valence-electron chi connectivity index (χ3n) is 3.50. The summed E-state index contributed by atoms with van der Waals surface area (Å²) in [5.41, 5.74) is 1.02. The number of carbonyl (C=O) groups excluding carboxylic acids is 1. The molecule has 1 atom stereocenters. The van der Waals surface area contributed by atoms with Gasteiger partial charge in [0.1, 0.15) is 5.01 Å². The van der Waals surface area contributed by atoms with Gasteiger partial charge in [-0.05, 0) is 25.1 Å². The summed E-state index contributed by atoms with van der Waals surface area (Å²) in [5, 5.41) is 4.24.